The second-order valence-corrected chi connectivity index (χ2v) is 11.4. The van der Waals surface area contributed by atoms with Crippen LogP contribution in [0, 0.1) is 0 Å². The summed E-state index contributed by atoms with van der Waals surface area (Å²) in [5.41, 5.74) is 5.53. The molecule has 0 aliphatic carbocycles. The van der Waals surface area contributed by atoms with Crippen molar-refractivity contribution in [2.24, 2.45) is 5.73 Å². The van der Waals surface area contributed by atoms with E-state index in [9.17, 15) is 0 Å². The van der Waals surface area contributed by atoms with Crippen LogP contribution in [0.25, 0.3) is 0 Å². The van der Waals surface area contributed by atoms with Crippen molar-refractivity contribution in [1.29, 1.82) is 0 Å². The summed E-state index contributed by atoms with van der Waals surface area (Å²) < 4.78 is 0. The molecule has 2 N–H and O–H groups in total. The van der Waals surface area contributed by atoms with E-state index >= 15 is 0 Å². The van der Waals surface area contributed by atoms with Crippen molar-refractivity contribution in [3.8, 4) is 0 Å². The van der Waals surface area contributed by atoms with Crippen LogP contribution >= 0.6 is 0 Å². The largest absolute Gasteiger partial charge is 0.330 e. The zero-order valence-corrected chi connectivity index (χ0v) is 25.5. The minimum Gasteiger partial charge on any atom is -0.330 e. The Morgan fingerprint density at radius 1 is 0.324 bits per heavy atom. The third-order valence-corrected chi connectivity index (χ3v) is 7.56. The van der Waals surface area contributed by atoms with E-state index in [1.165, 1.54) is 173 Å². The molecule has 0 amide bonds. The van der Waals surface area contributed by atoms with E-state index < -0.39 is 0 Å². The lowest BCUT2D eigenvalue weighted by Crippen LogP contribution is -1.97. The number of hydrogen-bond acceptors (Lipinski definition) is 1. The minimum absolute atomic E-state index is 0.856. The fourth-order valence-corrected chi connectivity index (χ4v) is 5.01. The maximum atomic E-state index is 5.53. The molecule has 0 aromatic heterocycles. The third-order valence-electron chi connectivity index (χ3n) is 7.56. The molecular formula is C36H69N. The second-order valence-electron chi connectivity index (χ2n) is 11.4. The van der Waals surface area contributed by atoms with Gasteiger partial charge in [-0.25, -0.2) is 0 Å². The average molecular weight is 516 g/mol. The number of rotatable bonds is 31. The standard InChI is InChI=1S/C36H69N/c1-2-3-4-5-6-7-8-9-10-11-12-13-14-15-16-17-18-19-20-21-22-23-24-25-26-27-28-29-30-31-32-33-34-35-36-37/h9-10,24-25,27-28H,2-8,11-23,26,29-37H2,1H3/b10-9-,25-24-,28-27-. The van der Waals surface area contributed by atoms with Gasteiger partial charge in [0.1, 0.15) is 0 Å². The van der Waals surface area contributed by atoms with E-state index in [1.807, 2.05) is 0 Å². The van der Waals surface area contributed by atoms with Crippen LogP contribution in [0.2, 0.25) is 0 Å². The van der Waals surface area contributed by atoms with E-state index in [0.29, 0.717) is 0 Å². The van der Waals surface area contributed by atoms with Gasteiger partial charge in [-0.05, 0) is 70.8 Å². The summed E-state index contributed by atoms with van der Waals surface area (Å²) >= 11 is 0. The molecule has 0 aliphatic rings. The summed E-state index contributed by atoms with van der Waals surface area (Å²) in [6.07, 6.45) is 52.8. The Balaban J connectivity index is 3.16. The Labute approximate surface area is 235 Å². The second kappa shape index (κ2) is 35.2. The van der Waals surface area contributed by atoms with Gasteiger partial charge >= 0.3 is 0 Å². The molecule has 0 saturated heterocycles. The zero-order chi connectivity index (χ0) is 26.7. The van der Waals surface area contributed by atoms with E-state index in [1.54, 1.807) is 0 Å². The van der Waals surface area contributed by atoms with Gasteiger partial charge in [-0.15, -0.1) is 0 Å². The first-order valence-electron chi connectivity index (χ1n) is 17.1. The minimum atomic E-state index is 0.856. The molecule has 0 aromatic carbocycles. The van der Waals surface area contributed by atoms with E-state index in [2.05, 4.69) is 43.4 Å². The van der Waals surface area contributed by atoms with Crippen molar-refractivity contribution in [3.05, 3.63) is 36.5 Å². The van der Waals surface area contributed by atoms with Gasteiger partial charge in [0.25, 0.3) is 0 Å². The van der Waals surface area contributed by atoms with Crippen molar-refractivity contribution in [3.63, 3.8) is 0 Å². The van der Waals surface area contributed by atoms with E-state index in [-0.39, 0.29) is 0 Å². The predicted molar refractivity (Wildman–Crippen MR) is 171 cm³/mol. The normalized spacial score (nSPS) is 12.2. The summed E-state index contributed by atoms with van der Waals surface area (Å²) in [6, 6.07) is 0. The van der Waals surface area contributed by atoms with Crippen molar-refractivity contribution in [2.75, 3.05) is 6.54 Å². The van der Waals surface area contributed by atoms with Gasteiger partial charge in [0.2, 0.25) is 0 Å². The number of nitrogens with two attached hydrogens (primary N) is 1. The molecule has 218 valence electrons. The van der Waals surface area contributed by atoms with Crippen molar-refractivity contribution >= 4 is 0 Å². The van der Waals surface area contributed by atoms with Crippen molar-refractivity contribution < 1.29 is 0 Å². The lowest BCUT2D eigenvalue weighted by Gasteiger charge is -2.02. The molecule has 37 heavy (non-hydrogen) atoms. The molecule has 0 heterocycles. The maximum absolute atomic E-state index is 5.53. The van der Waals surface area contributed by atoms with Gasteiger partial charge in [-0.2, -0.15) is 0 Å². The molecule has 1 nitrogen and oxygen atoms in total. The molecule has 0 saturated carbocycles. The average Bonchev–Trinajstić information content (AvgIpc) is 2.91. The highest BCUT2D eigenvalue weighted by Crippen LogP contribution is 2.13. The summed E-state index contributed by atoms with van der Waals surface area (Å²) in [6.45, 7) is 3.15. The Kier molecular flexibility index (Phi) is 34.4. The fraction of sp³-hybridized carbons (Fsp3) is 0.833. The summed E-state index contributed by atoms with van der Waals surface area (Å²) in [4.78, 5) is 0. The van der Waals surface area contributed by atoms with Crippen LogP contribution in [0.4, 0.5) is 0 Å². The molecule has 0 aliphatic heterocycles. The van der Waals surface area contributed by atoms with Crippen molar-refractivity contribution in [2.45, 2.75) is 187 Å². The zero-order valence-electron chi connectivity index (χ0n) is 25.5. The molecule has 1 heteroatoms. The summed E-state index contributed by atoms with van der Waals surface area (Å²) in [5.74, 6) is 0. The predicted octanol–water partition coefficient (Wildman–Crippen LogP) is 12.6. The molecule has 0 atom stereocenters. The molecule has 0 rings (SSSR count). The fourth-order valence-electron chi connectivity index (χ4n) is 5.01. The molecular weight excluding hydrogens is 446 g/mol. The van der Waals surface area contributed by atoms with Gasteiger partial charge in [0, 0.05) is 0 Å². The van der Waals surface area contributed by atoms with Crippen LogP contribution in [0.3, 0.4) is 0 Å². The molecule has 0 radical (unpaired) electrons. The number of allylic oxidation sites excluding steroid dienone is 6. The van der Waals surface area contributed by atoms with E-state index in [0.717, 1.165) is 13.0 Å². The maximum Gasteiger partial charge on any atom is -0.00773 e. The van der Waals surface area contributed by atoms with Crippen molar-refractivity contribution in [1.82, 2.24) is 0 Å². The highest BCUT2D eigenvalue weighted by Gasteiger charge is 1.94. The first kappa shape index (κ1) is 36.2. The highest BCUT2D eigenvalue weighted by molar-refractivity contribution is 4.92. The lowest BCUT2D eigenvalue weighted by atomic mass is 10.0. The van der Waals surface area contributed by atoms with E-state index in [4.69, 9.17) is 5.73 Å². The highest BCUT2D eigenvalue weighted by atomic mass is 14.5. The lowest BCUT2D eigenvalue weighted by molar-refractivity contribution is 0.547. The Morgan fingerprint density at radius 3 is 0.919 bits per heavy atom. The van der Waals surface area contributed by atoms with Gasteiger partial charge in [0.05, 0.1) is 0 Å². The third kappa shape index (κ3) is 35.2. The summed E-state index contributed by atoms with van der Waals surface area (Å²) in [7, 11) is 0. The van der Waals surface area contributed by atoms with Crippen LogP contribution in [0.15, 0.2) is 36.5 Å². The first-order chi connectivity index (χ1) is 18.4. The van der Waals surface area contributed by atoms with Gasteiger partial charge < -0.3 is 5.73 Å². The molecule has 0 fully saturated rings. The SMILES string of the molecule is CCCCCCCC/C=C\CCCCCCCCCCCCC/C=C\C/C=C\CCCCCCCCN. The molecule has 0 unspecified atom stereocenters. The van der Waals surface area contributed by atoms with Gasteiger partial charge in [-0.3, -0.25) is 0 Å². The van der Waals surface area contributed by atoms with Gasteiger partial charge in [0.15, 0.2) is 0 Å². The van der Waals surface area contributed by atoms with Crippen LogP contribution in [0.5, 0.6) is 0 Å². The Morgan fingerprint density at radius 2 is 0.595 bits per heavy atom. The quantitative estimate of drug-likeness (QED) is 0.0720. The molecule has 0 aromatic rings. The van der Waals surface area contributed by atoms with Gasteiger partial charge in [-0.1, -0.05) is 159 Å². The van der Waals surface area contributed by atoms with Crippen LogP contribution in [-0.2, 0) is 0 Å². The number of unbranched alkanes of at least 4 members (excludes halogenated alkanes) is 24. The van der Waals surface area contributed by atoms with Crippen LogP contribution in [0.1, 0.15) is 187 Å². The smallest absolute Gasteiger partial charge is 0.00773 e. The monoisotopic (exact) mass is 516 g/mol. The molecule has 0 bridgehead atoms. The van der Waals surface area contributed by atoms with Crippen LogP contribution in [-0.4, -0.2) is 6.54 Å². The summed E-state index contributed by atoms with van der Waals surface area (Å²) in [5, 5.41) is 0. The molecule has 0 spiro atoms. The number of hydrogen-bond donors (Lipinski definition) is 1. The van der Waals surface area contributed by atoms with Crippen LogP contribution < -0.4 is 5.73 Å². The topological polar surface area (TPSA) is 26.0 Å². The Hall–Kier alpha value is -0.820. The first-order valence-corrected chi connectivity index (χ1v) is 17.1. The Bertz CT molecular complexity index is 475.